The van der Waals surface area contributed by atoms with E-state index in [1.807, 2.05) is 36.4 Å². The Morgan fingerprint density at radius 1 is 0.347 bits per heavy atom. The van der Waals surface area contributed by atoms with Crippen molar-refractivity contribution >= 4 is 43.9 Å². The Morgan fingerprint density at radius 2 is 0.776 bits per heavy atom. The van der Waals surface area contributed by atoms with Crippen molar-refractivity contribution in [1.82, 2.24) is 38.6 Å². The van der Waals surface area contributed by atoms with E-state index >= 15 is 0 Å². The molecule has 0 atom stereocenters. The average molecular weight is 631 g/mol. The molecule has 0 aliphatic carbocycles. The number of rotatable bonds is 5. The summed E-state index contributed by atoms with van der Waals surface area (Å²) in [6.07, 6.45) is 3.51. The quantitative estimate of drug-likeness (QED) is 0.190. The summed E-state index contributed by atoms with van der Waals surface area (Å²) >= 11 is 0. The molecule has 0 aliphatic rings. The molecule has 0 saturated heterocycles. The molecule has 8 heteroatoms. The van der Waals surface area contributed by atoms with E-state index in [2.05, 4.69) is 133 Å². The first kappa shape index (κ1) is 27.2. The first-order valence-corrected chi connectivity index (χ1v) is 16.1. The number of benzene rings is 4. The number of hydrogen-bond acceptors (Lipinski definition) is 5. The molecule has 10 aromatic rings. The summed E-state index contributed by atoms with van der Waals surface area (Å²) in [6.45, 7) is 0. The van der Waals surface area contributed by atoms with Crippen LogP contribution in [0.5, 0.6) is 0 Å². The van der Waals surface area contributed by atoms with E-state index < -0.39 is 0 Å². The maximum atomic E-state index is 5.18. The van der Waals surface area contributed by atoms with E-state index in [9.17, 15) is 0 Å². The summed E-state index contributed by atoms with van der Waals surface area (Å²) in [5.41, 5.74) is 9.74. The van der Waals surface area contributed by atoms with Crippen LogP contribution in [0.2, 0.25) is 0 Å². The summed E-state index contributed by atoms with van der Waals surface area (Å²) < 4.78 is 6.94. The number of aromatic nitrogens is 8. The molecule has 6 heterocycles. The van der Waals surface area contributed by atoms with Gasteiger partial charge in [-0.15, -0.1) is 0 Å². The van der Waals surface area contributed by atoms with Crippen LogP contribution >= 0.6 is 0 Å². The van der Waals surface area contributed by atoms with Gasteiger partial charge < -0.3 is 9.13 Å². The molecule has 0 radical (unpaired) electrons. The van der Waals surface area contributed by atoms with Gasteiger partial charge in [-0.3, -0.25) is 14.5 Å². The molecule has 0 amide bonds. The lowest BCUT2D eigenvalue weighted by Gasteiger charge is -2.10. The molecule has 0 saturated carbocycles. The van der Waals surface area contributed by atoms with Crippen LogP contribution in [0.1, 0.15) is 0 Å². The fourth-order valence-corrected chi connectivity index (χ4v) is 7.02. The topological polar surface area (TPSA) is 79.2 Å². The zero-order chi connectivity index (χ0) is 32.3. The van der Waals surface area contributed by atoms with Crippen LogP contribution in [0.25, 0.3) is 84.2 Å². The Hall–Kier alpha value is -6.93. The van der Waals surface area contributed by atoms with Crippen molar-refractivity contribution in [2.45, 2.75) is 0 Å². The van der Waals surface area contributed by atoms with Gasteiger partial charge in [0.2, 0.25) is 5.95 Å². The Kier molecular flexibility index (Phi) is 6.01. The van der Waals surface area contributed by atoms with Crippen molar-refractivity contribution in [3.63, 3.8) is 0 Å². The highest BCUT2D eigenvalue weighted by Crippen LogP contribution is 2.45. The average Bonchev–Trinajstić information content (AvgIpc) is 3.81. The predicted molar refractivity (Wildman–Crippen MR) is 194 cm³/mol. The van der Waals surface area contributed by atoms with Crippen LogP contribution in [0.4, 0.5) is 0 Å². The Morgan fingerprint density at radius 3 is 1.22 bits per heavy atom. The number of para-hydroxylation sites is 4. The molecule has 49 heavy (non-hydrogen) atoms. The van der Waals surface area contributed by atoms with Gasteiger partial charge in [0.25, 0.3) is 0 Å². The molecule has 0 spiro atoms. The number of hydrogen-bond donors (Lipinski definition) is 0. The van der Waals surface area contributed by atoms with Gasteiger partial charge in [0, 0.05) is 34.5 Å². The van der Waals surface area contributed by atoms with E-state index in [1.54, 1.807) is 12.4 Å². The van der Waals surface area contributed by atoms with Crippen molar-refractivity contribution in [2.75, 3.05) is 0 Å². The summed E-state index contributed by atoms with van der Waals surface area (Å²) in [6, 6.07) is 49.7. The van der Waals surface area contributed by atoms with Crippen molar-refractivity contribution in [3.05, 3.63) is 158 Å². The van der Waals surface area contributed by atoms with Crippen LogP contribution in [-0.4, -0.2) is 38.6 Å². The highest BCUT2D eigenvalue weighted by atomic mass is 15.2. The minimum absolute atomic E-state index is 0.472. The second-order valence-electron chi connectivity index (χ2n) is 11.8. The van der Waals surface area contributed by atoms with Crippen molar-refractivity contribution in [3.8, 4) is 40.4 Å². The monoisotopic (exact) mass is 630 g/mol. The SMILES string of the molecule is c1ccc(-n2c3ccccc3c3c2c2c(c4ccccc4n2-c2ccccc2)n3-c2nc(-c3ccccn3)nc(-c3ccccn3)n2)cc1. The van der Waals surface area contributed by atoms with Crippen molar-refractivity contribution < 1.29 is 0 Å². The summed E-state index contributed by atoms with van der Waals surface area (Å²) in [7, 11) is 0. The number of pyridine rings is 2. The molecule has 0 aliphatic heterocycles. The van der Waals surface area contributed by atoms with E-state index in [4.69, 9.17) is 15.0 Å². The molecule has 6 aromatic heterocycles. The Balaban J connectivity index is 1.45. The summed E-state index contributed by atoms with van der Waals surface area (Å²) in [4.78, 5) is 24.5. The minimum atomic E-state index is 0.472. The summed E-state index contributed by atoms with van der Waals surface area (Å²) in [5, 5.41) is 2.17. The highest BCUT2D eigenvalue weighted by molar-refractivity contribution is 6.25. The predicted octanol–water partition coefficient (Wildman–Crippen LogP) is 8.98. The van der Waals surface area contributed by atoms with Gasteiger partial charge in [0.1, 0.15) is 11.4 Å². The lowest BCUT2D eigenvalue weighted by molar-refractivity contribution is 0.946. The summed E-state index contributed by atoms with van der Waals surface area (Å²) in [5.74, 6) is 1.43. The van der Waals surface area contributed by atoms with E-state index in [0.717, 1.165) is 55.2 Å². The fourth-order valence-electron chi connectivity index (χ4n) is 7.02. The molecule has 8 nitrogen and oxygen atoms in total. The van der Waals surface area contributed by atoms with Crippen LogP contribution < -0.4 is 0 Å². The standard InChI is InChI=1S/C41H26N8/c1-3-15-27(16-4-1)47-33-23-9-7-19-29(33)35-37(47)38-36(30-20-8-10-24-34(30)48(38)28-17-5-2-6-18-28)49(35)41-45-39(31-21-11-13-25-42-31)44-40(46-41)32-22-12-14-26-43-32/h1-26H. The molecule has 10 rings (SSSR count). The van der Waals surface area contributed by atoms with Gasteiger partial charge in [0.05, 0.1) is 33.1 Å². The molecule has 0 bridgehead atoms. The van der Waals surface area contributed by atoms with Gasteiger partial charge in [0.15, 0.2) is 11.6 Å². The van der Waals surface area contributed by atoms with E-state index in [0.29, 0.717) is 29.0 Å². The van der Waals surface area contributed by atoms with Crippen LogP contribution in [0, 0.1) is 0 Å². The zero-order valence-corrected chi connectivity index (χ0v) is 26.1. The molecule has 0 unspecified atom stereocenters. The molecule has 0 fully saturated rings. The smallest absolute Gasteiger partial charge is 0.239 e. The van der Waals surface area contributed by atoms with Gasteiger partial charge in [-0.05, 0) is 60.7 Å². The minimum Gasteiger partial charge on any atom is -0.306 e. The molecular weight excluding hydrogens is 605 g/mol. The fraction of sp³-hybridized carbons (Fsp3) is 0. The lowest BCUT2D eigenvalue weighted by Crippen LogP contribution is -2.07. The van der Waals surface area contributed by atoms with E-state index in [1.165, 1.54) is 0 Å². The Bertz CT molecular complexity index is 2610. The number of fused-ring (bicyclic) bond motifs is 7. The van der Waals surface area contributed by atoms with Crippen molar-refractivity contribution in [1.29, 1.82) is 0 Å². The first-order valence-electron chi connectivity index (χ1n) is 16.1. The molecular formula is C41H26N8. The normalized spacial score (nSPS) is 11.7. The Labute approximate surface area is 280 Å². The molecule has 4 aromatic carbocycles. The third-order valence-electron chi connectivity index (χ3n) is 9.01. The van der Waals surface area contributed by atoms with Gasteiger partial charge >= 0.3 is 0 Å². The van der Waals surface area contributed by atoms with Crippen LogP contribution in [0.15, 0.2) is 158 Å². The van der Waals surface area contributed by atoms with Gasteiger partial charge in [-0.1, -0.05) is 84.9 Å². The first-order chi connectivity index (χ1) is 24.3. The van der Waals surface area contributed by atoms with Crippen LogP contribution in [-0.2, 0) is 0 Å². The lowest BCUT2D eigenvalue weighted by atomic mass is 10.2. The second kappa shape index (κ2) is 10.8. The second-order valence-corrected chi connectivity index (χ2v) is 11.8. The van der Waals surface area contributed by atoms with Gasteiger partial charge in [-0.2, -0.15) is 9.97 Å². The zero-order valence-electron chi connectivity index (χ0n) is 26.1. The maximum absolute atomic E-state index is 5.18. The van der Waals surface area contributed by atoms with E-state index in [-0.39, 0.29) is 0 Å². The van der Waals surface area contributed by atoms with Gasteiger partial charge in [-0.25, -0.2) is 4.98 Å². The molecule has 230 valence electrons. The third kappa shape index (κ3) is 4.14. The third-order valence-corrected chi connectivity index (χ3v) is 9.01. The molecule has 0 N–H and O–H groups in total. The maximum Gasteiger partial charge on any atom is 0.239 e. The highest BCUT2D eigenvalue weighted by Gasteiger charge is 2.29. The van der Waals surface area contributed by atoms with Crippen LogP contribution in [0.3, 0.4) is 0 Å². The number of nitrogens with zero attached hydrogens (tertiary/aromatic N) is 8. The largest absolute Gasteiger partial charge is 0.306 e. The van der Waals surface area contributed by atoms with Crippen molar-refractivity contribution in [2.24, 2.45) is 0 Å².